The molecule has 0 aliphatic rings. The van der Waals surface area contributed by atoms with Crippen LogP contribution in [0.2, 0.25) is 0 Å². The third-order valence-electron chi connectivity index (χ3n) is 2.52. The minimum atomic E-state index is -4.41. The van der Waals surface area contributed by atoms with Gasteiger partial charge in [0.15, 0.2) is 5.78 Å². The van der Waals surface area contributed by atoms with E-state index >= 15 is 0 Å². The highest BCUT2D eigenvalue weighted by Crippen LogP contribution is 2.31. The molecule has 0 amide bonds. The number of fused-ring (bicyclic) bond motifs is 1. The van der Waals surface area contributed by atoms with E-state index in [9.17, 15) is 18.0 Å². The van der Waals surface area contributed by atoms with Gasteiger partial charge in [-0.3, -0.25) is 9.20 Å². The first-order valence-electron chi connectivity index (χ1n) is 5.57. The Morgan fingerprint density at radius 2 is 2.11 bits per heavy atom. The van der Waals surface area contributed by atoms with Gasteiger partial charge in [-0.25, -0.2) is 4.98 Å². The number of nitrogens with zero attached hydrogens (tertiary/aromatic N) is 2. The number of thioether (sulfide) groups is 1. The van der Waals surface area contributed by atoms with Crippen molar-refractivity contribution in [2.45, 2.75) is 25.0 Å². The number of imidazole rings is 1. The van der Waals surface area contributed by atoms with Crippen LogP contribution in [0.5, 0.6) is 0 Å². The number of hydrogen-bond acceptors (Lipinski definition) is 3. The Morgan fingerprint density at radius 1 is 1.42 bits per heavy atom. The smallest absolute Gasteiger partial charge is 0.293 e. The first kappa shape index (κ1) is 13.9. The monoisotopic (exact) mass is 288 g/mol. The molecule has 102 valence electrons. The largest absolute Gasteiger partial charge is 0.417 e. The van der Waals surface area contributed by atoms with E-state index in [1.54, 1.807) is 0 Å². The second-order valence-corrected chi connectivity index (χ2v) is 5.15. The van der Waals surface area contributed by atoms with E-state index in [1.165, 1.54) is 29.2 Å². The van der Waals surface area contributed by atoms with Gasteiger partial charge in [0, 0.05) is 13.1 Å². The minimum Gasteiger partial charge on any atom is -0.293 e. The Kier molecular flexibility index (Phi) is 3.58. The molecule has 0 aromatic carbocycles. The molecule has 0 atom stereocenters. The van der Waals surface area contributed by atoms with E-state index in [0.717, 1.165) is 12.3 Å². The summed E-state index contributed by atoms with van der Waals surface area (Å²) in [6, 6.07) is 2.24. The quantitative estimate of drug-likeness (QED) is 0.638. The van der Waals surface area contributed by atoms with Gasteiger partial charge in [-0.2, -0.15) is 13.2 Å². The molecule has 0 saturated heterocycles. The van der Waals surface area contributed by atoms with Crippen LogP contribution in [-0.2, 0) is 6.18 Å². The first-order valence-corrected chi connectivity index (χ1v) is 6.56. The fourth-order valence-corrected chi connectivity index (χ4v) is 2.58. The van der Waals surface area contributed by atoms with Crippen molar-refractivity contribution in [2.24, 2.45) is 0 Å². The number of hydrogen-bond donors (Lipinski definition) is 0. The number of aromatic nitrogens is 2. The molecule has 2 rings (SSSR count). The van der Waals surface area contributed by atoms with Gasteiger partial charge in [-0.05, 0) is 17.9 Å². The molecule has 2 aromatic heterocycles. The predicted octanol–water partition coefficient (Wildman–Crippen LogP) is 3.67. The molecule has 19 heavy (non-hydrogen) atoms. The van der Waals surface area contributed by atoms with Crippen molar-refractivity contribution in [3.05, 3.63) is 29.6 Å². The molecular weight excluding hydrogens is 277 g/mol. The molecule has 0 bridgehead atoms. The Bertz CT molecular complexity index is 634. The molecule has 0 spiro atoms. The summed E-state index contributed by atoms with van der Waals surface area (Å²) in [5.74, 6) is 0.387. The highest BCUT2D eigenvalue weighted by atomic mass is 32.2. The summed E-state index contributed by atoms with van der Waals surface area (Å²) in [6.07, 6.45) is -3.43. The topological polar surface area (TPSA) is 34.4 Å². The molecule has 7 heteroatoms. The number of halogens is 3. The average molecular weight is 288 g/mol. The lowest BCUT2D eigenvalue weighted by molar-refractivity contribution is -0.137. The second-order valence-electron chi connectivity index (χ2n) is 3.90. The molecule has 2 heterocycles. The van der Waals surface area contributed by atoms with Crippen LogP contribution in [0.1, 0.15) is 29.9 Å². The van der Waals surface area contributed by atoms with Gasteiger partial charge in [0.05, 0.1) is 5.56 Å². The summed E-state index contributed by atoms with van der Waals surface area (Å²) < 4.78 is 39.4. The van der Waals surface area contributed by atoms with Crippen LogP contribution < -0.4 is 0 Å². The van der Waals surface area contributed by atoms with Crippen molar-refractivity contribution in [3.63, 3.8) is 0 Å². The Hall–Kier alpha value is -1.50. The molecule has 0 radical (unpaired) electrons. The summed E-state index contributed by atoms with van der Waals surface area (Å²) in [4.78, 5) is 15.6. The maximum Gasteiger partial charge on any atom is 0.417 e. The normalized spacial score (nSPS) is 12.1. The third kappa shape index (κ3) is 2.60. The number of carbonyl (C=O) groups excluding carboxylic acids is 1. The minimum absolute atomic E-state index is 0.214. The van der Waals surface area contributed by atoms with E-state index in [4.69, 9.17) is 0 Å². The Balaban J connectivity index is 2.69. The second kappa shape index (κ2) is 4.88. The van der Waals surface area contributed by atoms with E-state index in [0.29, 0.717) is 16.4 Å². The summed E-state index contributed by atoms with van der Waals surface area (Å²) >= 11 is 1.30. The molecule has 3 nitrogen and oxygen atoms in total. The van der Waals surface area contributed by atoms with E-state index in [2.05, 4.69) is 4.98 Å². The first-order chi connectivity index (χ1) is 8.84. The van der Waals surface area contributed by atoms with E-state index < -0.39 is 11.7 Å². The lowest BCUT2D eigenvalue weighted by Gasteiger charge is -2.08. The molecule has 0 unspecified atom stereocenters. The standard InChI is InChI=1S/C12H11F3N2OS/c1-3-19-11-10(7(2)18)16-9-5-4-8(6-17(9)11)12(13,14)15/h4-6H,3H2,1-2H3. The van der Waals surface area contributed by atoms with Crippen molar-refractivity contribution in [1.82, 2.24) is 9.38 Å². The van der Waals surface area contributed by atoms with Crippen molar-refractivity contribution in [3.8, 4) is 0 Å². The highest BCUT2D eigenvalue weighted by Gasteiger charge is 2.31. The Labute approximate surface area is 111 Å². The number of ketones is 1. The van der Waals surface area contributed by atoms with E-state index in [1.807, 2.05) is 6.92 Å². The molecule has 0 saturated carbocycles. The van der Waals surface area contributed by atoms with E-state index in [-0.39, 0.29) is 11.5 Å². The zero-order valence-corrected chi connectivity index (χ0v) is 11.1. The van der Waals surface area contributed by atoms with Crippen molar-refractivity contribution < 1.29 is 18.0 Å². The van der Waals surface area contributed by atoms with Crippen LogP contribution in [0.3, 0.4) is 0 Å². The summed E-state index contributed by atoms with van der Waals surface area (Å²) in [6.45, 7) is 3.22. The van der Waals surface area contributed by atoms with Gasteiger partial charge in [-0.1, -0.05) is 6.92 Å². The predicted molar refractivity (Wildman–Crippen MR) is 66.6 cm³/mol. The maximum atomic E-state index is 12.7. The zero-order valence-electron chi connectivity index (χ0n) is 10.3. The van der Waals surface area contributed by atoms with Crippen molar-refractivity contribution in [2.75, 3.05) is 5.75 Å². The summed E-state index contributed by atoms with van der Waals surface area (Å²) in [7, 11) is 0. The van der Waals surface area contributed by atoms with Crippen molar-refractivity contribution >= 4 is 23.2 Å². The lowest BCUT2D eigenvalue weighted by atomic mass is 10.3. The molecule has 0 aliphatic heterocycles. The third-order valence-corrected chi connectivity index (χ3v) is 3.47. The highest BCUT2D eigenvalue weighted by molar-refractivity contribution is 7.99. The molecule has 0 aliphatic carbocycles. The fourth-order valence-electron chi connectivity index (χ4n) is 1.69. The van der Waals surface area contributed by atoms with Gasteiger partial charge in [-0.15, -0.1) is 11.8 Å². The van der Waals surface area contributed by atoms with Gasteiger partial charge in [0.2, 0.25) is 0 Å². The van der Waals surface area contributed by atoms with Crippen LogP contribution in [0.25, 0.3) is 5.65 Å². The summed E-state index contributed by atoms with van der Waals surface area (Å²) in [5, 5.41) is 0.455. The lowest BCUT2D eigenvalue weighted by Crippen LogP contribution is -2.06. The van der Waals surface area contributed by atoms with Gasteiger partial charge >= 0.3 is 6.18 Å². The van der Waals surface area contributed by atoms with Crippen LogP contribution in [0.15, 0.2) is 23.4 Å². The summed E-state index contributed by atoms with van der Waals surface area (Å²) in [5.41, 5.74) is -0.203. The number of pyridine rings is 1. The van der Waals surface area contributed by atoms with Gasteiger partial charge in [0.25, 0.3) is 0 Å². The number of rotatable bonds is 3. The Morgan fingerprint density at radius 3 is 2.63 bits per heavy atom. The van der Waals surface area contributed by atoms with Crippen molar-refractivity contribution in [1.29, 1.82) is 0 Å². The number of Topliss-reactive ketones (excluding diaryl/α,β-unsaturated/α-hetero) is 1. The molecule has 2 aromatic rings. The van der Waals surface area contributed by atoms with Crippen LogP contribution >= 0.6 is 11.8 Å². The van der Waals surface area contributed by atoms with Crippen LogP contribution in [-0.4, -0.2) is 20.9 Å². The van der Waals surface area contributed by atoms with Crippen LogP contribution in [0.4, 0.5) is 13.2 Å². The molecule has 0 N–H and O–H groups in total. The SMILES string of the molecule is CCSc1c(C(C)=O)nc2ccc(C(F)(F)F)cn12. The van der Waals surface area contributed by atoms with Gasteiger partial charge < -0.3 is 0 Å². The number of carbonyl (C=O) groups is 1. The molecule has 0 fully saturated rings. The zero-order chi connectivity index (χ0) is 14.2. The molecular formula is C12H11F3N2OS. The average Bonchev–Trinajstić information content (AvgIpc) is 2.67. The van der Waals surface area contributed by atoms with Crippen LogP contribution in [0, 0.1) is 0 Å². The fraction of sp³-hybridized carbons (Fsp3) is 0.333. The van der Waals surface area contributed by atoms with Gasteiger partial charge in [0.1, 0.15) is 16.4 Å². The maximum absolute atomic E-state index is 12.7. The number of alkyl halides is 3.